The summed E-state index contributed by atoms with van der Waals surface area (Å²) in [4.78, 5) is 8.73. The fourth-order valence-corrected chi connectivity index (χ4v) is 2.45. The molecule has 0 saturated heterocycles. The van der Waals surface area contributed by atoms with Crippen molar-refractivity contribution in [3.8, 4) is 5.69 Å². The van der Waals surface area contributed by atoms with Crippen molar-refractivity contribution in [3.63, 3.8) is 0 Å². The van der Waals surface area contributed by atoms with Crippen LogP contribution in [0.4, 0.5) is 5.82 Å². The Bertz CT molecular complexity index is 812. The van der Waals surface area contributed by atoms with Crippen LogP contribution in [0, 0.1) is 13.8 Å². The minimum absolute atomic E-state index is 0.725. The SMILES string of the molecule is COCCCNc1ncnc2c1cnn2-c1ccc(C)c(C)c1. The Morgan fingerprint density at radius 1 is 1.17 bits per heavy atom. The fraction of sp³-hybridized carbons (Fsp3) is 0.353. The van der Waals surface area contributed by atoms with E-state index in [0.29, 0.717) is 0 Å². The summed E-state index contributed by atoms with van der Waals surface area (Å²) < 4.78 is 6.91. The Labute approximate surface area is 135 Å². The standard InChI is InChI=1S/C17H21N5O/c1-12-5-6-14(9-13(12)2)22-17-15(10-21-22)16(19-11-20-17)18-7-4-8-23-3/h5-6,9-11H,4,7-8H2,1-3H3,(H,18,19,20). The third kappa shape index (κ3) is 3.17. The van der Waals surface area contributed by atoms with Gasteiger partial charge in [0, 0.05) is 20.3 Å². The quantitative estimate of drug-likeness (QED) is 0.709. The van der Waals surface area contributed by atoms with Crippen molar-refractivity contribution in [3.05, 3.63) is 41.9 Å². The van der Waals surface area contributed by atoms with Crippen LogP contribution >= 0.6 is 0 Å². The van der Waals surface area contributed by atoms with Crippen molar-refractivity contribution in [1.29, 1.82) is 0 Å². The van der Waals surface area contributed by atoms with Gasteiger partial charge in [-0.3, -0.25) is 0 Å². The summed E-state index contributed by atoms with van der Waals surface area (Å²) in [6.07, 6.45) is 4.30. The first-order valence-electron chi connectivity index (χ1n) is 7.70. The molecule has 1 N–H and O–H groups in total. The molecular weight excluding hydrogens is 290 g/mol. The van der Waals surface area contributed by atoms with E-state index >= 15 is 0 Å². The number of aryl methyl sites for hydroxylation is 2. The number of ether oxygens (including phenoxy) is 1. The first-order valence-corrected chi connectivity index (χ1v) is 7.70. The molecule has 0 aliphatic carbocycles. The van der Waals surface area contributed by atoms with Crippen molar-refractivity contribution < 1.29 is 4.74 Å². The Balaban J connectivity index is 1.93. The van der Waals surface area contributed by atoms with E-state index < -0.39 is 0 Å². The van der Waals surface area contributed by atoms with Crippen molar-refractivity contribution >= 4 is 16.9 Å². The number of nitrogens with zero attached hydrogens (tertiary/aromatic N) is 4. The molecule has 6 nitrogen and oxygen atoms in total. The normalized spacial score (nSPS) is 11.1. The number of hydrogen-bond donors (Lipinski definition) is 1. The van der Waals surface area contributed by atoms with Gasteiger partial charge >= 0.3 is 0 Å². The zero-order valence-corrected chi connectivity index (χ0v) is 13.7. The lowest BCUT2D eigenvalue weighted by Gasteiger charge is -2.08. The Hall–Kier alpha value is -2.47. The molecule has 2 aromatic heterocycles. The van der Waals surface area contributed by atoms with Crippen LogP contribution in [0.1, 0.15) is 17.5 Å². The smallest absolute Gasteiger partial charge is 0.168 e. The highest BCUT2D eigenvalue weighted by molar-refractivity contribution is 5.87. The van der Waals surface area contributed by atoms with E-state index in [4.69, 9.17) is 4.74 Å². The number of nitrogens with one attached hydrogen (secondary N) is 1. The number of anilines is 1. The second-order valence-electron chi connectivity index (χ2n) is 5.56. The number of aromatic nitrogens is 4. The van der Waals surface area contributed by atoms with Gasteiger partial charge in [0.15, 0.2) is 5.65 Å². The van der Waals surface area contributed by atoms with Crippen LogP contribution < -0.4 is 5.32 Å². The van der Waals surface area contributed by atoms with E-state index in [-0.39, 0.29) is 0 Å². The van der Waals surface area contributed by atoms with Gasteiger partial charge in [-0.25, -0.2) is 14.6 Å². The lowest BCUT2D eigenvalue weighted by atomic mass is 10.1. The summed E-state index contributed by atoms with van der Waals surface area (Å²) in [5.74, 6) is 0.807. The number of methoxy groups -OCH3 is 1. The molecule has 2 heterocycles. The van der Waals surface area contributed by atoms with E-state index in [1.54, 1.807) is 13.4 Å². The number of fused-ring (bicyclic) bond motifs is 1. The number of benzene rings is 1. The van der Waals surface area contributed by atoms with Gasteiger partial charge < -0.3 is 10.1 Å². The highest BCUT2D eigenvalue weighted by Crippen LogP contribution is 2.22. The van der Waals surface area contributed by atoms with Crippen LogP contribution in [-0.4, -0.2) is 40.0 Å². The van der Waals surface area contributed by atoms with Crippen LogP contribution in [-0.2, 0) is 4.74 Å². The van der Waals surface area contributed by atoms with Gasteiger partial charge in [-0.2, -0.15) is 5.10 Å². The fourth-order valence-electron chi connectivity index (χ4n) is 2.45. The highest BCUT2D eigenvalue weighted by atomic mass is 16.5. The monoisotopic (exact) mass is 311 g/mol. The number of hydrogen-bond acceptors (Lipinski definition) is 5. The van der Waals surface area contributed by atoms with E-state index in [1.165, 1.54) is 11.1 Å². The first kappa shape index (κ1) is 15.4. The van der Waals surface area contributed by atoms with Crippen molar-refractivity contribution in [2.75, 3.05) is 25.6 Å². The molecule has 0 aliphatic rings. The van der Waals surface area contributed by atoms with Gasteiger partial charge in [0.2, 0.25) is 0 Å². The van der Waals surface area contributed by atoms with Crippen LogP contribution in [0.25, 0.3) is 16.7 Å². The number of rotatable bonds is 6. The molecule has 0 bridgehead atoms. The van der Waals surface area contributed by atoms with Gasteiger partial charge in [-0.05, 0) is 43.5 Å². The molecule has 0 aliphatic heterocycles. The van der Waals surface area contributed by atoms with E-state index in [9.17, 15) is 0 Å². The summed E-state index contributed by atoms with van der Waals surface area (Å²) >= 11 is 0. The lowest BCUT2D eigenvalue weighted by molar-refractivity contribution is 0.198. The van der Waals surface area contributed by atoms with Crippen LogP contribution in [0.5, 0.6) is 0 Å². The molecule has 3 aromatic rings. The predicted octanol–water partition coefficient (Wildman–Crippen LogP) is 2.88. The maximum Gasteiger partial charge on any atom is 0.168 e. The Morgan fingerprint density at radius 2 is 2.04 bits per heavy atom. The average Bonchev–Trinajstić information content (AvgIpc) is 2.99. The Morgan fingerprint density at radius 3 is 2.83 bits per heavy atom. The van der Waals surface area contributed by atoms with Gasteiger partial charge in [0.05, 0.1) is 17.3 Å². The maximum atomic E-state index is 5.06. The zero-order chi connectivity index (χ0) is 16.2. The third-order valence-electron chi connectivity index (χ3n) is 3.92. The van der Waals surface area contributed by atoms with Crippen LogP contribution in [0.2, 0.25) is 0 Å². The van der Waals surface area contributed by atoms with Crippen LogP contribution in [0.15, 0.2) is 30.7 Å². The molecule has 120 valence electrons. The second-order valence-corrected chi connectivity index (χ2v) is 5.56. The van der Waals surface area contributed by atoms with E-state index in [0.717, 1.165) is 42.1 Å². The van der Waals surface area contributed by atoms with Crippen molar-refractivity contribution in [1.82, 2.24) is 19.7 Å². The molecule has 0 fully saturated rings. The molecule has 0 radical (unpaired) electrons. The molecule has 0 unspecified atom stereocenters. The van der Waals surface area contributed by atoms with E-state index in [1.807, 2.05) is 10.9 Å². The van der Waals surface area contributed by atoms with Crippen molar-refractivity contribution in [2.24, 2.45) is 0 Å². The second kappa shape index (κ2) is 6.75. The van der Waals surface area contributed by atoms with Crippen LogP contribution in [0.3, 0.4) is 0 Å². The lowest BCUT2D eigenvalue weighted by Crippen LogP contribution is -2.07. The molecule has 3 rings (SSSR count). The van der Waals surface area contributed by atoms with Gasteiger partial charge in [-0.1, -0.05) is 6.07 Å². The molecule has 0 saturated carbocycles. The topological polar surface area (TPSA) is 64.9 Å². The van der Waals surface area contributed by atoms with Gasteiger partial charge in [0.25, 0.3) is 0 Å². The minimum atomic E-state index is 0.725. The van der Waals surface area contributed by atoms with Crippen molar-refractivity contribution in [2.45, 2.75) is 20.3 Å². The maximum absolute atomic E-state index is 5.06. The summed E-state index contributed by atoms with van der Waals surface area (Å²) in [5, 5.41) is 8.73. The van der Waals surface area contributed by atoms with Gasteiger partial charge in [-0.15, -0.1) is 0 Å². The first-order chi connectivity index (χ1) is 11.2. The zero-order valence-electron chi connectivity index (χ0n) is 13.7. The third-order valence-corrected chi connectivity index (χ3v) is 3.92. The summed E-state index contributed by atoms with van der Waals surface area (Å²) in [5.41, 5.74) is 4.31. The largest absolute Gasteiger partial charge is 0.385 e. The minimum Gasteiger partial charge on any atom is -0.385 e. The molecule has 6 heteroatoms. The predicted molar refractivity (Wildman–Crippen MR) is 91.1 cm³/mol. The molecule has 1 aromatic carbocycles. The van der Waals surface area contributed by atoms with Gasteiger partial charge in [0.1, 0.15) is 12.1 Å². The molecule has 0 spiro atoms. The molecule has 23 heavy (non-hydrogen) atoms. The molecule has 0 amide bonds. The molecule has 0 atom stereocenters. The molecular formula is C17H21N5O. The average molecular weight is 311 g/mol. The summed E-state index contributed by atoms with van der Waals surface area (Å²) in [6.45, 7) is 5.73. The summed E-state index contributed by atoms with van der Waals surface area (Å²) in [7, 11) is 1.70. The summed E-state index contributed by atoms with van der Waals surface area (Å²) in [6, 6.07) is 6.28. The highest BCUT2D eigenvalue weighted by Gasteiger charge is 2.11. The Kier molecular flexibility index (Phi) is 4.52. The van der Waals surface area contributed by atoms with E-state index in [2.05, 4.69) is 52.4 Å².